The van der Waals surface area contributed by atoms with Crippen LogP contribution in [0.3, 0.4) is 0 Å². The Bertz CT molecular complexity index is 3270. The molecule has 2 saturated heterocycles. The normalized spacial score (nSPS) is 14.4. The predicted octanol–water partition coefficient (Wildman–Crippen LogP) is 9.68. The number of para-hydroxylation sites is 1. The molecule has 0 radical (unpaired) electrons. The zero-order valence-electron chi connectivity index (χ0n) is 43.6. The van der Waals surface area contributed by atoms with E-state index in [2.05, 4.69) is 16.5 Å². The third-order valence-electron chi connectivity index (χ3n) is 14.0. The third-order valence-corrected chi connectivity index (χ3v) is 17.1. The van der Waals surface area contributed by atoms with Crippen LogP contribution >= 0.6 is 0 Å². The number of halogens is 3. The lowest BCUT2D eigenvalue weighted by Crippen LogP contribution is -2.49. The second-order valence-electron chi connectivity index (χ2n) is 19.2. The van der Waals surface area contributed by atoms with Gasteiger partial charge >= 0.3 is 6.18 Å². The smallest absolute Gasteiger partial charge is 0.418 e. The molecule has 2 aliphatic heterocycles. The Kier molecular flexibility index (Phi) is 17.9. The van der Waals surface area contributed by atoms with Gasteiger partial charge in [-0.15, -0.1) is 0 Å². The van der Waals surface area contributed by atoms with E-state index in [9.17, 15) is 39.6 Å². The molecule has 0 bridgehead atoms. The first-order chi connectivity index (χ1) is 36.9. The summed E-state index contributed by atoms with van der Waals surface area (Å²) < 4.78 is 116. The lowest BCUT2D eigenvalue weighted by Gasteiger charge is -2.37. The van der Waals surface area contributed by atoms with Crippen molar-refractivity contribution in [2.45, 2.75) is 61.9 Å². The number of nitrogens with zero attached hydrogens (tertiary/aromatic N) is 4. The van der Waals surface area contributed by atoms with E-state index >= 15 is 0 Å². The molecule has 0 aliphatic carbocycles. The summed E-state index contributed by atoms with van der Waals surface area (Å²) in [6, 6.07) is 34.5. The van der Waals surface area contributed by atoms with Gasteiger partial charge in [0, 0.05) is 82.0 Å². The molecule has 2 amide bonds. The summed E-state index contributed by atoms with van der Waals surface area (Å²) in [5.41, 5.74) is 4.88. The van der Waals surface area contributed by atoms with Crippen LogP contribution in [0, 0.1) is 6.92 Å². The number of alkyl halides is 3. The van der Waals surface area contributed by atoms with Crippen LogP contribution in [-0.2, 0) is 50.0 Å². The van der Waals surface area contributed by atoms with Gasteiger partial charge in [0.25, 0.3) is 21.8 Å². The van der Waals surface area contributed by atoms with E-state index in [1.807, 2.05) is 42.5 Å². The fourth-order valence-electron chi connectivity index (χ4n) is 9.63. The second kappa shape index (κ2) is 24.5. The molecular formula is C58H64F3N5O9S2. The summed E-state index contributed by atoms with van der Waals surface area (Å²) in [6.07, 6.45) is -0.961. The van der Waals surface area contributed by atoms with Crippen LogP contribution in [0.2, 0.25) is 0 Å². The number of aryl methyl sites for hydroxylation is 3. The first kappa shape index (κ1) is 56.1. The van der Waals surface area contributed by atoms with Gasteiger partial charge in [0.2, 0.25) is 0 Å². The van der Waals surface area contributed by atoms with Gasteiger partial charge in [0.05, 0.1) is 33.9 Å². The van der Waals surface area contributed by atoms with Crippen molar-refractivity contribution in [1.82, 2.24) is 9.80 Å². The first-order valence-corrected chi connectivity index (χ1v) is 28.7. The maximum atomic E-state index is 14.6. The summed E-state index contributed by atoms with van der Waals surface area (Å²) >= 11 is 0. The van der Waals surface area contributed by atoms with Crippen LogP contribution in [0.25, 0.3) is 0 Å². The van der Waals surface area contributed by atoms with Gasteiger partial charge < -0.3 is 33.8 Å². The molecule has 0 aromatic heterocycles. The highest BCUT2D eigenvalue weighted by Crippen LogP contribution is 2.37. The standard InChI is InChI=1S/C58H64F3N5O9S2/c1-5-6-9-42-13-15-43(16-14-42)26-35-76(69,70)48-24-18-45(51(38-48)57(68)66-31-27-63(28-32-66)53-11-8-7-10-52(53)58(59,60)61)36-44-17-25-54(55(37-44)74-4)64-29-33-65(34-30-64)56(67)50-39-49(23-12-41(50)2)77(71,72)62-46-19-21-47(22-20-46)75-40-73-3/h7-8,10-25,37-39,62H,5-6,9,26-36,40H2,1-4H3. The van der Waals surface area contributed by atoms with Crippen LogP contribution < -0.4 is 24.0 Å². The molecule has 408 valence electrons. The van der Waals surface area contributed by atoms with Gasteiger partial charge in [0.1, 0.15) is 11.5 Å². The average molecular weight is 1100 g/mol. The van der Waals surface area contributed by atoms with Gasteiger partial charge in [-0.2, -0.15) is 13.2 Å². The summed E-state index contributed by atoms with van der Waals surface area (Å²) in [5, 5.41) is 0. The fraction of sp³-hybridized carbons (Fsp3) is 0.345. The lowest BCUT2D eigenvalue weighted by atomic mass is 9.98. The van der Waals surface area contributed by atoms with Gasteiger partial charge in [-0.25, -0.2) is 16.8 Å². The Morgan fingerprint density at radius 3 is 1.84 bits per heavy atom. The molecule has 2 heterocycles. The molecule has 1 N–H and O–H groups in total. The number of nitrogens with one attached hydrogen (secondary N) is 1. The molecule has 2 aliphatic rings. The van der Waals surface area contributed by atoms with Crippen molar-refractivity contribution in [3.05, 3.63) is 172 Å². The Morgan fingerprint density at radius 2 is 1.22 bits per heavy atom. The third kappa shape index (κ3) is 13.7. The number of anilines is 3. The van der Waals surface area contributed by atoms with Gasteiger partial charge in [0.15, 0.2) is 16.6 Å². The number of hydrogen-bond acceptors (Lipinski definition) is 11. The van der Waals surface area contributed by atoms with Crippen LogP contribution in [0.1, 0.15) is 73.9 Å². The Balaban J connectivity index is 0.970. The molecule has 0 atom stereocenters. The average Bonchev–Trinajstić information content (AvgIpc) is 3.44. The van der Waals surface area contributed by atoms with Crippen LogP contribution in [0.5, 0.6) is 11.5 Å². The highest BCUT2D eigenvalue weighted by Gasteiger charge is 2.36. The van der Waals surface area contributed by atoms with Crippen molar-refractivity contribution in [2.24, 2.45) is 0 Å². The summed E-state index contributed by atoms with van der Waals surface area (Å²) in [6.45, 7) is 6.02. The van der Waals surface area contributed by atoms with Crippen molar-refractivity contribution in [3.8, 4) is 11.5 Å². The SMILES string of the molecule is CCCCc1ccc(CCS(=O)(=O)c2ccc(Cc3ccc(N4CCN(C(=O)c5cc(S(=O)(=O)Nc6ccc(OCOC)cc6)ccc5C)CC4)c(OC)c3)c(C(=O)N3CCN(c4ccccc4C(F)(F)F)CC3)c2)cc1. The predicted molar refractivity (Wildman–Crippen MR) is 292 cm³/mol. The minimum absolute atomic E-state index is 0.00420. The van der Waals surface area contributed by atoms with E-state index in [-0.39, 0.29) is 84.1 Å². The number of sulfone groups is 1. The number of carbonyl (C=O) groups excluding carboxylic acids is 2. The number of hydrogen-bond donors (Lipinski definition) is 1. The highest BCUT2D eigenvalue weighted by atomic mass is 32.2. The number of sulfonamides is 1. The minimum Gasteiger partial charge on any atom is -0.495 e. The number of rotatable bonds is 20. The van der Waals surface area contributed by atoms with E-state index in [1.54, 1.807) is 71.2 Å². The number of benzene rings is 6. The molecule has 19 heteroatoms. The molecule has 8 rings (SSSR count). The molecule has 14 nitrogen and oxygen atoms in total. The van der Waals surface area contributed by atoms with E-state index in [4.69, 9.17) is 14.2 Å². The molecule has 6 aromatic rings. The van der Waals surface area contributed by atoms with Crippen molar-refractivity contribution in [3.63, 3.8) is 0 Å². The van der Waals surface area contributed by atoms with Crippen LogP contribution in [-0.4, -0.2) is 118 Å². The van der Waals surface area contributed by atoms with Crippen molar-refractivity contribution in [1.29, 1.82) is 0 Å². The van der Waals surface area contributed by atoms with E-state index in [1.165, 1.54) is 49.1 Å². The molecule has 0 spiro atoms. The molecule has 6 aromatic carbocycles. The maximum Gasteiger partial charge on any atom is 0.418 e. The number of unbranched alkanes of at least 4 members (excludes halogenated alkanes) is 1. The zero-order chi connectivity index (χ0) is 54.9. The number of ether oxygens (including phenoxy) is 3. The van der Waals surface area contributed by atoms with E-state index in [0.717, 1.165) is 42.1 Å². The zero-order valence-corrected chi connectivity index (χ0v) is 45.3. The molecule has 2 fully saturated rings. The lowest BCUT2D eigenvalue weighted by molar-refractivity contribution is -0.137. The molecule has 0 unspecified atom stereocenters. The van der Waals surface area contributed by atoms with E-state index in [0.29, 0.717) is 54.5 Å². The van der Waals surface area contributed by atoms with Gasteiger partial charge in [-0.05, 0) is 133 Å². The molecular weight excluding hydrogens is 1030 g/mol. The number of amides is 2. The van der Waals surface area contributed by atoms with Crippen molar-refractivity contribution in [2.75, 3.05) is 93.6 Å². The van der Waals surface area contributed by atoms with Crippen LogP contribution in [0.15, 0.2) is 137 Å². The molecule has 0 saturated carbocycles. The van der Waals surface area contributed by atoms with Crippen LogP contribution in [0.4, 0.5) is 30.2 Å². The summed E-state index contributed by atoms with van der Waals surface area (Å²) in [4.78, 5) is 35.5. The largest absolute Gasteiger partial charge is 0.495 e. The number of methoxy groups -OCH3 is 2. The Morgan fingerprint density at radius 1 is 0.636 bits per heavy atom. The number of piperazine rings is 2. The van der Waals surface area contributed by atoms with Gasteiger partial charge in [-0.1, -0.05) is 67.9 Å². The van der Waals surface area contributed by atoms with E-state index < -0.39 is 37.5 Å². The van der Waals surface area contributed by atoms with Crippen molar-refractivity contribution < 1.29 is 53.8 Å². The monoisotopic (exact) mass is 1100 g/mol. The first-order valence-electron chi connectivity index (χ1n) is 25.6. The number of carbonyl (C=O) groups is 2. The minimum atomic E-state index is -4.56. The topological polar surface area (TPSA) is 155 Å². The summed E-state index contributed by atoms with van der Waals surface area (Å²) in [5.74, 6) is 0.152. The van der Waals surface area contributed by atoms with Crippen molar-refractivity contribution >= 4 is 48.7 Å². The quantitative estimate of drug-likeness (QED) is 0.0727. The molecule has 77 heavy (non-hydrogen) atoms. The van der Waals surface area contributed by atoms with Gasteiger partial charge in [-0.3, -0.25) is 14.3 Å². The maximum absolute atomic E-state index is 14.6. The Labute approximate surface area is 449 Å². The highest BCUT2D eigenvalue weighted by molar-refractivity contribution is 7.92. The second-order valence-corrected chi connectivity index (χ2v) is 23.0. The Hall–Kier alpha value is -7.09. The summed E-state index contributed by atoms with van der Waals surface area (Å²) in [7, 11) is -4.88. The fourth-order valence-corrected chi connectivity index (χ4v) is 12.0.